The van der Waals surface area contributed by atoms with Crippen molar-refractivity contribution in [3.8, 4) is 0 Å². The molecule has 0 saturated carbocycles. The van der Waals surface area contributed by atoms with Gasteiger partial charge in [-0.05, 0) is 32.4 Å². The molecular formula is C15H19BrN2. The molecule has 3 heteroatoms. The molecule has 0 aliphatic rings. The van der Waals surface area contributed by atoms with Crippen molar-refractivity contribution in [3.05, 3.63) is 36.5 Å². The van der Waals surface area contributed by atoms with Gasteiger partial charge in [-0.2, -0.15) is 0 Å². The molecule has 0 unspecified atom stereocenters. The largest absolute Gasteiger partial charge is 0.368 e. The Bertz CT molecular complexity index is 505. The van der Waals surface area contributed by atoms with Crippen molar-refractivity contribution >= 4 is 32.5 Å². The summed E-state index contributed by atoms with van der Waals surface area (Å²) >= 11 is 3.51. The molecule has 0 atom stereocenters. The maximum absolute atomic E-state index is 4.43. The second kappa shape index (κ2) is 6.19. The van der Waals surface area contributed by atoms with E-state index >= 15 is 0 Å². The van der Waals surface area contributed by atoms with Gasteiger partial charge in [-0.25, -0.2) is 0 Å². The van der Waals surface area contributed by atoms with E-state index in [1.165, 1.54) is 11.1 Å². The van der Waals surface area contributed by atoms with E-state index in [-0.39, 0.29) is 0 Å². The van der Waals surface area contributed by atoms with Crippen molar-refractivity contribution in [1.82, 2.24) is 4.98 Å². The molecule has 0 spiro atoms. The van der Waals surface area contributed by atoms with Gasteiger partial charge in [0, 0.05) is 35.2 Å². The van der Waals surface area contributed by atoms with Crippen LogP contribution in [0, 0.1) is 0 Å². The lowest BCUT2D eigenvalue weighted by Gasteiger charge is -2.29. The van der Waals surface area contributed by atoms with E-state index in [4.69, 9.17) is 0 Å². The van der Waals surface area contributed by atoms with Crippen molar-refractivity contribution in [1.29, 1.82) is 0 Å². The summed E-state index contributed by atoms with van der Waals surface area (Å²) in [4.78, 5) is 6.88. The van der Waals surface area contributed by atoms with Gasteiger partial charge in [0.2, 0.25) is 0 Å². The number of alkyl halides is 1. The number of fused-ring (bicyclic) bond motifs is 1. The van der Waals surface area contributed by atoms with E-state index < -0.39 is 0 Å². The Morgan fingerprint density at radius 1 is 1.22 bits per heavy atom. The molecule has 1 aromatic carbocycles. The minimum absolute atomic E-state index is 0.495. The van der Waals surface area contributed by atoms with Crippen LogP contribution in [0.1, 0.15) is 20.3 Å². The average Bonchev–Trinajstić information content (AvgIpc) is 2.39. The monoisotopic (exact) mass is 306 g/mol. The first-order valence-electron chi connectivity index (χ1n) is 6.40. The molecule has 2 rings (SSSR count). The zero-order valence-electron chi connectivity index (χ0n) is 10.9. The molecular weight excluding hydrogens is 288 g/mol. The van der Waals surface area contributed by atoms with Gasteiger partial charge in [0.25, 0.3) is 0 Å². The fourth-order valence-corrected chi connectivity index (χ4v) is 2.47. The highest BCUT2D eigenvalue weighted by atomic mass is 79.9. The lowest BCUT2D eigenvalue weighted by Crippen LogP contribution is -2.32. The highest BCUT2D eigenvalue weighted by Gasteiger charge is 2.12. The van der Waals surface area contributed by atoms with Gasteiger partial charge in [0.05, 0.1) is 5.52 Å². The maximum Gasteiger partial charge on any atom is 0.0722 e. The average molecular weight is 307 g/mol. The van der Waals surface area contributed by atoms with Crippen LogP contribution in [0.4, 0.5) is 5.69 Å². The van der Waals surface area contributed by atoms with E-state index in [0.29, 0.717) is 6.04 Å². The Kier molecular flexibility index (Phi) is 4.59. The van der Waals surface area contributed by atoms with E-state index in [9.17, 15) is 0 Å². The van der Waals surface area contributed by atoms with Gasteiger partial charge in [0.15, 0.2) is 0 Å². The number of hydrogen-bond acceptors (Lipinski definition) is 2. The van der Waals surface area contributed by atoms with Crippen LogP contribution in [-0.4, -0.2) is 22.9 Å². The minimum Gasteiger partial charge on any atom is -0.368 e. The molecule has 2 aromatic rings. The van der Waals surface area contributed by atoms with Crippen LogP contribution in [0.5, 0.6) is 0 Å². The third-order valence-corrected chi connectivity index (χ3v) is 3.65. The molecule has 0 amide bonds. The summed E-state index contributed by atoms with van der Waals surface area (Å²) in [6.07, 6.45) is 3.05. The number of anilines is 1. The summed E-state index contributed by atoms with van der Waals surface area (Å²) in [5.74, 6) is 0. The molecule has 0 N–H and O–H groups in total. The number of nitrogens with zero attached hydrogens (tertiary/aromatic N) is 2. The molecule has 18 heavy (non-hydrogen) atoms. The Labute approximate surface area is 117 Å². The third-order valence-electron chi connectivity index (χ3n) is 3.09. The normalized spacial score (nSPS) is 11.1. The van der Waals surface area contributed by atoms with Gasteiger partial charge in [-0.1, -0.05) is 34.1 Å². The predicted octanol–water partition coefficient (Wildman–Crippen LogP) is 4.23. The molecule has 1 aromatic heterocycles. The summed E-state index contributed by atoms with van der Waals surface area (Å²) in [5.41, 5.74) is 2.36. The molecule has 0 saturated heterocycles. The highest BCUT2D eigenvalue weighted by molar-refractivity contribution is 9.09. The van der Waals surface area contributed by atoms with Gasteiger partial charge in [-0.3, -0.25) is 4.98 Å². The van der Waals surface area contributed by atoms with Crippen LogP contribution in [-0.2, 0) is 0 Å². The summed E-state index contributed by atoms with van der Waals surface area (Å²) in [5, 5.41) is 2.28. The topological polar surface area (TPSA) is 16.1 Å². The smallest absolute Gasteiger partial charge is 0.0722 e. The zero-order valence-corrected chi connectivity index (χ0v) is 12.5. The van der Waals surface area contributed by atoms with Crippen LogP contribution in [0.3, 0.4) is 0 Å². The van der Waals surface area contributed by atoms with Crippen molar-refractivity contribution in [2.45, 2.75) is 26.3 Å². The van der Waals surface area contributed by atoms with Gasteiger partial charge in [0.1, 0.15) is 0 Å². The molecule has 0 radical (unpaired) electrons. The van der Waals surface area contributed by atoms with Crippen molar-refractivity contribution in [3.63, 3.8) is 0 Å². The fraction of sp³-hybridized carbons (Fsp3) is 0.400. The van der Waals surface area contributed by atoms with Crippen LogP contribution < -0.4 is 4.90 Å². The molecule has 2 nitrogen and oxygen atoms in total. The molecule has 0 bridgehead atoms. The first kappa shape index (κ1) is 13.3. The summed E-state index contributed by atoms with van der Waals surface area (Å²) in [7, 11) is 0. The number of para-hydroxylation sites is 1. The summed E-state index contributed by atoms with van der Waals surface area (Å²) in [6.45, 7) is 5.55. The van der Waals surface area contributed by atoms with Crippen LogP contribution in [0.25, 0.3) is 10.9 Å². The van der Waals surface area contributed by atoms with Crippen molar-refractivity contribution < 1.29 is 0 Å². The second-order valence-electron chi connectivity index (χ2n) is 4.68. The number of rotatable bonds is 5. The van der Waals surface area contributed by atoms with E-state index in [1.54, 1.807) is 0 Å². The molecule has 0 fully saturated rings. The molecule has 1 heterocycles. The second-order valence-corrected chi connectivity index (χ2v) is 5.47. The van der Waals surface area contributed by atoms with Crippen molar-refractivity contribution in [2.24, 2.45) is 0 Å². The van der Waals surface area contributed by atoms with Gasteiger partial charge in [-0.15, -0.1) is 0 Å². The molecule has 0 aliphatic carbocycles. The van der Waals surface area contributed by atoms with Crippen LogP contribution >= 0.6 is 15.9 Å². The zero-order chi connectivity index (χ0) is 13.0. The number of benzene rings is 1. The van der Waals surface area contributed by atoms with Gasteiger partial charge < -0.3 is 4.90 Å². The van der Waals surface area contributed by atoms with Gasteiger partial charge >= 0.3 is 0 Å². The Morgan fingerprint density at radius 2 is 2.00 bits per heavy atom. The maximum atomic E-state index is 4.43. The van der Waals surface area contributed by atoms with E-state index in [2.05, 4.69) is 63.9 Å². The fourth-order valence-electron chi connectivity index (χ4n) is 2.22. The lowest BCUT2D eigenvalue weighted by molar-refractivity contribution is 0.676. The van der Waals surface area contributed by atoms with Crippen LogP contribution in [0.15, 0.2) is 36.5 Å². The van der Waals surface area contributed by atoms with E-state index in [0.717, 1.165) is 23.8 Å². The minimum atomic E-state index is 0.495. The number of halogens is 1. The number of aromatic nitrogens is 1. The lowest BCUT2D eigenvalue weighted by atomic mass is 10.1. The number of hydrogen-bond donors (Lipinski definition) is 0. The quantitative estimate of drug-likeness (QED) is 0.768. The summed E-state index contributed by atoms with van der Waals surface area (Å²) < 4.78 is 0. The first-order valence-corrected chi connectivity index (χ1v) is 7.52. The SMILES string of the molecule is CC(C)N(CCCBr)c1ccnc2ccccc12. The highest BCUT2D eigenvalue weighted by Crippen LogP contribution is 2.26. The Morgan fingerprint density at radius 3 is 2.72 bits per heavy atom. The number of pyridine rings is 1. The molecule has 0 aliphatic heterocycles. The third kappa shape index (κ3) is 2.83. The summed E-state index contributed by atoms with van der Waals surface area (Å²) in [6, 6.07) is 11.0. The first-order chi connectivity index (χ1) is 8.74. The predicted molar refractivity (Wildman–Crippen MR) is 82.6 cm³/mol. The Hall–Kier alpha value is -1.09. The van der Waals surface area contributed by atoms with E-state index in [1.807, 2.05) is 12.3 Å². The standard InChI is InChI=1S/C15H19BrN2/c1-12(2)18(11-5-9-16)15-8-10-17-14-7-4-3-6-13(14)15/h3-4,6-8,10,12H,5,9,11H2,1-2H3. The van der Waals surface area contributed by atoms with Crippen molar-refractivity contribution in [2.75, 3.05) is 16.8 Å². The Balaban J connectivity index is 2.43. The molecule has 96 valence electrons. The van der Waals surface area contributed by atoms with Crippen LogP contribution in [0.2, 0.25) is 0 Å².